The van der Waals surface area contributed by atoms with Crippen LogP contribution in [0.4, 0.5) is 0 Å². The fourth-order valence-corrected chi connectivity index (χ4v) is 3.52. The second-order valence-corrected chi connectivity index (χ2v) is 6.81. The first-order valence-electron chi connectivity index (χ1n) is 8.76. The molecule has 0 N–H and O–H groups in total. The van der Waals surface area contributed by atoms with Crippen molar-refractivity contribution in [2.24, 2.45) is 0 Å². The molecule has 0 bridgehead atoms. The van der Waals surface area contributed by atoms with Gasteiger partial charge in [0, 0.05) is 17.8 Å². The monoisotopic (exact) mass is 338 g/mol. The van der Waals surface area contributed by atoms with E-state index in [2.05, 4.69) is 15.3 Å². The van der Waals surface area contributed by atoms with Crippen molar-refractivity contribution in [2.45, 2.75) is 44.1 Å². The summed E-state index contributed by atoms with van der Waals surface area (Å²) in [5.41, 5.74) is 1.38. The number of aromatic nitrogens is 3. The number of amides is 1. The summed E-state index contributed by atoms with van der Waals surface area (Å²) >= 11 is 0. The van der Waals surface area contributed by atoms with Crippen LogP contribution >= 0.6 is 0 Å². The Morgan fingerprint density at radius 3 is 2.92 bits per heavy atom. The highest BCUT2D eigenvalue weighted by molar-refractivity contribution is 5.86. The van der Waals surface area contributed by atoms with Gasteiger partial charge in [0.1, 0.15) is 5.69 Å². The average molecular weight is 338 g/mol. The maximum Gasteiger partial charge on any atom is 0.229 e. The second kappa shape index (κ2) is 5.68. The molecule has 3 heterocycles. The van der Waals surface area contributed by atoms with Gasteiger partial charge in [-0.05, 0) is 37.8 Å². The van der Waals surface area contributed by atoms with Gasteiger partial charge >= 0.3 is 0 Å². The molecule has 7 heteroatoms. The van der Waals surface area contributed by atoms with Gasteiger partial charge in [-0.1, -0.05) is 22.4 Å². The smallest absolute Gasteiger partial charge is 0.229 e. The lowest BCUT2D eigenvalue weighted by atomic mass is 10.1. The number of carbonyl (C=O) groups excluding carboxylic acids is 1. The minimum atomic E-state index is -0.0954. The Morgan fingerprint density at radius 1 is 1.16 bits per heavy atom. The summed E-state index contributed by atoms with van der Waals surface area (Å²) in [5, 5.41) is 9.08. The van der Waals surface area contributed by atoms with Crippen molar-refractivity contribution in [2.75, 3.05) is 6.54 Å². The SMILES string of the molecule is O=C(Cc1noc2ccccc12)N1CCC[C@@H]1c1noc(C2CC2)n1. The van der Waals surface area contributed by atoms with Crippen LogP contribution in [0.25, 0.3) is 11.0 Å². The second-order valence-electron chi connectivity index (χ2n) is 6.81. The molecule has 0 spiro atoms. The molecule has 1 aliphatic carbocycles. The van der Waals surface area contributed by atoms with Crippen molar-refractivity contribution in [1.82, 2.24) is 20.2 Å². The Balaban J connectivity index is 1.36. The number of carbonyl (C=O) groups is 1. The van der Waals surface area contributed by atoms with Crippen LogP contribution in [-0.2, 0) is 11.2 Å². The van der Waals surface area contributed by atoms with Crippen LogP contribution in [0.3, 0.4) is 0 Å². The Hall–Kier alpha value is -2.70. The average Bonchev–Trinajstić information content (AvgIpc) is 3.04. The van der Waals surface area contributed by atoms with Gasteiger partial charge in [0.25, 0.3) is 0 Å². The van der Waals surface area contributed by atoms with Gasteiger partial charge in [0.2, 0.25) is 11.8 Å². The summed E-state index contributed by atoms with van der Waals surface area (Å²) in [6.45, 7) is 0.715. The first kappa shape index (κ1) is 14.6. The van der Waals surface area contributed by atoms with Gasteiger partial charge < -0.3 is 13.9 Å². The van der Waals surface area contributed by atoms with E-state index >= 15 is 0 Å². The van der Waals surface area contributed by atoms with E-state index in [1.807, 2.05) is 29.2 Å². The van der Waals surface area contributed by atoms with Crippen molar-refractivity contribution in [3.8, 4) is 0 Å². The number of likely N-dealkylation sites (tertiary alicyclic amines) is 1. The molecule has 1 aromatic carbocycles. The molecule has 2 aliphatic rings. The lowest BCUT2D eigenvalue weighted by molar-refractivity contribution is -0.131. The molecule has 0 unspecified atom stereocenters. The zero-order valence-corrected chi connectivity index (χ0v) is 13.7. The highest BCUT2D eigenvalue weighted by atomic mass is 16.5. The van der Waals surface area contributed by atoms with Gasteiger partial charge in [-0.25, -0.2) is 0 Å². The van der Waals surface area contributed by atoms with Crippen LogP contribution in [-0.4, -0.2) is 32.6 Å². The predicted octanol–water partition coefficient (Wildman–Crippen LogP) is 2.99. The Morgan fingerprint density at radius 2 is 2.04 bits per heavy atom. The molecule has 7 nitrogen and oxygen atoms in total. The number of fused-ring (bicyclic) bond motifs is 1. The first-order chi connectivity index (χ1) is 12.3. The maximum absolute atomic E-state index is 12.9. The molecule has 0 radical (unpaired) electrons. The van der Waals surface area contributed by atoms with E-state index in [1.54, 1.807) is 0 Å². The molecule has 1 saturated carbocycles. The maximum atomic E-state index is 12.9. The molecule has 2 aromatic heterocycles. The quantitative estimate of drug-likeness (QED) is 0.727. The lowest BCUT2D eigenvalue weighted by Crippen LogP contribution is -2.32. The van der Waals surface area contributed by atoms with E-state index in [1.165, 1.54) is 0 Å². The third-order valence-corrected chi connectivity index (χ3v) is 5.03. The van der Waals surface area contributed by atoms with E-state index in [0.717, 1.165) is 37.0 Å². The van der Waals surface area contributed by atoms with Gasteiger partial charge in [-0.15, -0.1) is 0 Å². The van der Waals surface area contributed by atoms with Gasteiger partial charge in [-0.2, -0.15) is 4.98 Å². The van der Waals surface area contributed by atoms with Crippen molar-refractivity contribution in [1.29, 1.82) is 0 Å². The van der Waals surface area contributed by atoms with Crippen LogP contribution in [0.5, 0.6) is 0 Å². The fraction of sp³-hybridized carbons (Fsp3) is 0.444. The number of rotatable bonds is 4. The van der Waals surface area contributed by atoms with E-state index in [9.17, 15) is 4.79 Å². The van der Waals surface area contributed by atoms with Crippen LogP contribution in [0.15, 0.2) is 33.3 Å². The number of nitrogens with zero attached hydrogens (tertiary/aromatic N) is 4. The third kappa shape index (κ3) is 2.59. The molecule has 1 amide bonds. The molecular weight excluding hydrogens is 320 g/mol. The summed E-state index contributed by atoms with van der Waals surface area (Å²) in [6, 6.07) is 7.50. The van der Waals surface area contributed by atoms with E-state index in [0.29, 0.717) is 29.6 Å². The summed E-state index contributed by atoms with van der Waals surface area (Å²) in [4.78, 5) is 19.2. The zero-order chi connectivity index (χ0) is 16.8. The topological polar surface area (TPSA) is 85.3 Å². The molecule has 2 fully saturated rings. The van der Waals surface area contributed by atoms with Crippen molar-refractivity contribution < 1.29 is 13.8 Å². The first-order valence-corrected chi connectivity index (χ1v) is 8.76. The number of para-hydroxylation sites is 1. The Kier molecular flexibility index (Phi) is 3.33. The number of hydrogen-bond donors (Lipinski definition) is 0. The van der Waals surface area contributed by atoms with Crippen molar-refractivity contribution >= 4 is 16.9 Å². The minimum absolute atomic E-state index is 0.0272. The summed E-state index contributed by atoms with van der Waals surface area (Å²) in [6.07, 6.45) is 4.28. The standard InChI is InChI=1S/C18H18N4O3/c23-16(10-13-12-4-1-2-6-15(12)24-20-13)22-9-3-5-14(22)17-19-18(25-21-17)11-7-8-11/h1-2,4,6,11,14H,3,5,7-10H2/t14-/m1/s1. The minimum Gasteiger partial charge on any atom is -0.356 e. The van der Waals surface area contributed by atoms with E-state index in [4.69, 9.17) is 9.05 Å². The zero-order valence-electron chi connectivity index (χ0n) is 13.7. The number of benzene rings is 1. The highest BCUT2D eigenvalue weighted by Gasteiger charge is 2.36. The van der Waals surface area contributed by atoms with Crippen LogP contribution in [0.2, 0.25) is 0 Å². The molecule has 1 aliphatic heterocycles. The molecular formula is C18H18N4O3. The van der Waals surface area contributed by atoms with Crippen LogP contribution in [0, 0.1) is 0 Å². The van der Waals surface area contributed by atoms with Gasteiger partial charge in [-0.3, -0.25) is 4.79 Å². The third-order valence-electron chi connectivity index (χ3n) is 5.03. The largest absolute Gasteiger partial charge is 0.356 e. The lowest BCUT2D eigenvalue weighted by Gasteiger charge is -2.21. The molecule has 25 heavy (non-hydrogen) atoms. The molecule has 3 aromatic rings. The molecule has 1 atom stereocenters. The Bertz CT molecular complexity index is 927. The van der Waals surface area contributed by atoms with Gasteiger partial charge in [0.15, 0.2) is 11.4 Å². The van der Waals surface area contributed by atoms with E-state index in [-0.39, 0.29) is 18.4 Å². The summed E-state index contributed by atoms with van der Waals surface area (Å²) < 4.78 is 10.7. The van der Waals surface area contributed by atoms with Crippen molar-refractivity contribution in [3.63, 3.8) is 0 Å². The normalized spacial score (nSPS) is 20.5. The summed E-state index contributed by atoms with van der Waals surface area (Å²) in [7, 11) is 0. The van der Waals surface area contributed by atoms with Crippen LogP contribution < -0.4 is 0 Å². The van der Waals surface area contributed by atoms with Crippen molar-refractivity contribution in [3.05, 3.63) is 41.7 Å². The van der Waals surface area contributed by atoms with E-state index < -0.39 is 0 Å². The molecule has 128 valence electrons. The molecule has 1 saturated heterocycles. The summed E-state index contributed by atoms with van der Waals surface area (Å²) in [5.74, 6) is 1.81. The van der Waals surface area contributed by atoms with Crippen LogP contribution in [0.1, 0.15) is 55.1 Å². The molecule has 5 rings (SSSR count). The fourth-order valence-electron chi connectivity index (χ4n) is 3.52. The van der Waals surface area contributed by atoms with Gasteiger partial charge in [0.05, 0.1) is 12.5 Å². The predicted molar refractivity (Wildman–Crippen MR) is 87.7 cm³/mol. The number of hydrogen-bond acceptors (Lipinski definition) is 6. The highest BCUT2D eigenvalue weighted by Crippen LogP contribution is 2.40. The Labute approximate surface area is 144 Å².